The molecule has 0 bridgehead atoms. The van der Waals surface area contributed by atoms with Crippen LogP contribution >= 0.6 is 0 Å². The minimum absolute atomic E-state index is 0.133. The van der Waals surface area contributed by atoms with Gasteiger partial charge in [-0.1, -0.05) is 30.3 Å². The summed E-state index contributed by atoms with van der Waals surface area (Å²) >= 11 is 0. The van der Waals surface area contributed by atoms with E-state index in [1.165, 1.54) is 0 Å². The number of rotatable bonds is 1. The summed E-state index contributed by atoms with van der Waals surface area (Å²) in [4.78, 5) is 32.7. The van der Waals surface area contributed by atoms with Gasteiger partial charge >= 0.3 is 0 Å². The van der Waals surface area contributed by atoms with Crippen LogP contribution in [0.2, 0.25) is 0 Å². The molecule has 0 unspecified atom stereocenters. The first kappa shape index (κ1) is 23.7. The zero-order chi connectivity index (χ0) is 25.4. The Morgan fingerprint density at radius 1 is 0.784 bits per heavy atom. The highest BCUT2D eigenvalue weighted by Gasteiger charge is 2.23. The summed E-state index contributed by atoms with van der Waals surface area (Å²) < 4.78 is 16.8. The van der Waals surface area contributed by atoms with Crippen molar-refractivity contribution in [1.82, 2.24) is 10.3 Å². The van der Waals surface area contributed by atoms with E-state index < -0.39 is 0 Å². The van der Waals surface area contributed by atoms with E-state index in [4.69, 9.17) is 13.9 Å². The van der Waals surface area contributed by atoms with Crippen molar-refractivity contribution < 1.29 is 13.9 Å². The Morgan fingerprint density at radius 3 is 2.11 bits per heavy atom. The molecule has 3 heterocycles. The number of anilines is 1. The lowest BCUT2D eigenvalue weighted by molar-refractivity contribution is 0.109. The molecule has 2 N–H and O–H groups in total. The number of hydrogen-bond acceptors (Lipinski definition) is 7. The van der Waals surface area contributed by atoms with Crippen LogP contribution in [-0.4, -0.2) is 57.6 Å². The van der Waals surface area contributed by atoms with Crippen molar-refractivity contribution in [1.29, 1.82) is 0 Å². The predicted octanol–water partition coefficient (Wildman–Crippen LogP) is 3.69. The van der Waals surface area contributed by atoms with E-state index in [0.29, 0.717) is 64.5 Å². The fourth-order valence-corrected chi connectivity index (χ4v) is 5.09. The van der Waals surface area contributed by atoms with Crippen molar-refractivity contribution in [2.45, 2.75) is 6.92 Å². The van der Waals surface area contributed by atoms with E-state index in [9.17, 15) is 9.59 Å². The van der Waals surface area contributed by atoms with Gasteiger partial charge in [0.05, 0.1) is 53.9 Å². The number of morpholine rings is 2. The molecule has 0 amide bonds. The Hall–Kier alpha value is -3.72. The minimum atomic E-state index is -0.164. The topological polar surface area (TPSA) is 96.8 Å². The van der Waals surface area contributed by atoms with Crippen LogP contribution < -0.4 is 21.1 Å². The van der Waals surface area contributed by atoms with Crippen molar-refractivity contribution in [3.63, 3.8) is 0 Å². The van der Waals surface area contributed by atoms with Gasteiger partial charge < -0.3 is 29.1 Å². The Bertz CT molecular complexity index is 1720. The number of nitrogens with zero attached hydrogens (tertiary/aromatic N) is 1. The van der Waals surface area contributed by atoms with Crippen LogP contribution in [0.5, 0.6) is 0 Å². The number of nitrogens with one attached hydrogen (secondary N) is 2. The van der Waals surface area contributed by atoms with Gasteiger partial charge in [0.2, 0.25) is 0 Å². The molecule has 37 heavy (non-hydrogen) atoms. The quantitative estimate of drug-likeness (QED) is 0.268. The fraction of sp³-hybridized carbons (Fsp3) is 0.310. The van der Waals surface area contributed by atoms with E-state index in [1.54, 1.807) is 24.3 Å². The number of ether oxygens (including phenoxy) is 2. The highest BCUT2D eigenvalue weighted by molar-refractivity contribution is 6.15. The van der Waals surface area contributed by atoms with Gasteiger partial charge in [-0.15, -0.1) is 0 Å². The smallest absolute Gasteiger partial charge is 0.196 e. The zero-order valence-electron chi connectivity index (χ0n) is 20.8. The molecule has 0 radical (unpaired) electrons. The molecule has 2 fully saturated rings. The summed E-state index contributed by atoms with van der Waals surface area (Å²) in [5.41, 5.74) is 4.09. The van der Waals surface area contributed by atoms with Gasteiger partial charge in [0.1, 0.15) is 0 Å². The van der Waals surface area contributed by atoms with Crippen LogP contribution in [0.4, 0.5) is 5.69 Å². The third-order valence-electron chi connectivity index (χ3n) is 6.96. The molecule has 0 spiro atoms. The molecule has 0 aliphatic carbocycles. The number of benzene rings is 4. The number of aromatic amines is 1. The summed E-state index contributed by atoms with van der Waals surface area (Å²) in [5.74, 6) is 0. The van der Waals surface area contributed by atoms with Crippen molar-refractivity contribution >= 4 is 49.4 Å². The maximum absolute atomic E-state index is 13.6. The van der Waals surface area contributed by atoms with Crippen LogP contribution in [-0.2, 0) is 9.47 Å². The average Bonchev–Trinajstić information content (AvgIpc) is 2.95. The van der Waals surface area contributed by atoms with Gasteiger partial charge in [0.25, 0.3) is 0 Å². The highest BCUT2D eigenvalue weighted by atomic mass is 16.5. The third kappa shape index (κ3) is 4.37. The molecule has 8 nitrogen and oxygen atoms in total. The maximum Gasteiger partial charge on any atom is 0.196 e. The molecule has 0 atom stereocenters. The first-order chi connectivity index (χ1) is 18.1. The minimum Gasteiger partial charge on any atom is -0.453 e. The molecular weight excluding hydrogens is 470 g/mol. The summed E-state index contributed by atoms with van der Waals surface area (Å²) in [6, 6.07) is 14.8. The van der Waals surface area contributed by atoms with E-state index >= 15 is 0 Å². The monoisotopic (exact) mass is 499 g/mol. The zero-order valence-corrected chi connectivity index (χ0v) is 20.8. The lowest BCUT2D eigenvalue weighted by atomic mass is 9.99. The number of fused-ring (bicyclic) bond motifs is 5. The molecule has 2 saturated heterocycles. The van der Waals surface area contributed by atoms with E-state index in [0.717, 1.165) is 43.1 Å². The molecular formula is C29H29N3O5. The summed E-state index contributed by atoms with van der Waals surface area (Å²) in [7, 11) is 0. The van der Waals surface area contributed by atoms with Crippen LogP contribution in [0.1, 0.15) is 5.56 Å². The van der Waals surface area contributed by atoms with E-state index in [-0.39, 0.29) is 10.9 Å². The standard InChI is InChI=1S/C25H20N2O4.C4H9NO/c1-14-6-7-17-19(12-14)31-20-13-18(27-8-10-30-11-9-27)21-22(23(20)26-17)25(29)16-5-3-2-4-15(16)24(21)28;1-3-6-4-2-5-1/h2-7,12-13,26H,8-11H2,1H3;5H,1-4H2. The second-order valence-corrected chi connectivity index (χ2v) is 9.41. The van der Waals surface area contributed by atoms with Crippen molar-refractivity contribution in [3.05, 3.63) is 74.5 Å². The Kier molecular flexibility index (Phi) is 6.38. The van der Waals surface area contributed by atoms with Crippen molar-refractivity contribution in [2.24, 2.45) is 0 Å². The largest absolute Gasteiger partial charge is 0.453 e. The summed E-state index contributed by atoms with van der Waals surface area (Å²) in [6.07, 6.45) is 0. The molecule has 8 heteroatoms. The Morgan fingerprint density at radius 2 is 1.46 bits per heavy atom. The number of H-pyrrole nitrogens is 1. The summed E-state index contributed by atoms with van der Waals surface area (Å²) in [6.45, 7) is 8.29. The fourth-order valence-electron chi connectivity index (χ4n) is 5.09. The lowest BCUT2D eigenvalue weighted by Gasteiger charge is -2.30. The van der Waals surface area contributed by atoms with Crippen LogP contribution in [0.15, 0.2) is 62.5 Å². The van der Waals surface area contributed by atoms with Crippen LogP contribution in [0.3, 0.4) is 0 Å². The molecule has 2 aliphatic rings. The molecule has 5 aromatic rings. The average molecular weight is 500 g/mol. The van der Waals surface area contributed by atoms with Crippen LogP contribution in [0, 0.1) is 6.92 Å². The maximum atomic E-state index is 13.6. The molecule has 4 aromatic carbocycles. The van der Waals surface area contributed by atoms with Gasteiger partial charge in [0.15, 0.2) is 22.0 Å². The number of aryl methyl sites for hydroxylation is 1. The second kappa shape index (κ2) is 9.97. The number of hydrogen-bond donors (Lipinski definition) is 2. The van der Waals surface area contributed by atoms with Gasteiger partial charge in [-0.3, -0.25) is 9.59 Å². The van der Waals surface area contributed by atoms with Gasteiger partial charge in [-0.2, -0.15) is 0 Å². The molecule has 0 saturated carbocycles. The van der Waals surface area contributed by atoms with E-state index in [2.05, 4.69) is 15.2 Å². The Labute approximate surface area is 212 Å². The van der Waals surface area contributed by atoms with E-state index in [1.807, 2.05) is 31.2 Å². The van der Waals surface area contributed by atoms with Crippen molar-refractivity contribution in [3.8, 4) is 0 Å². The van der Waals surface area contributed by atoms with Gasteiger partial charge in [-0.25, -0.2) is 0 Å². The molecule has 2 aliphatic heterocycles. The first-order valence-corrected chi connectivity index (χ1v) is 12.7. The summed E-state index contributed by atoms with van der Waals surface area (Å²) in [5, 5.41) is 4.86. The first-order valence-electron chi connectivity index (χ1n) is 12.7. The highest BCUT2D eigenvalue weighted by Crippen LogP contribution is 2.33. The van der Waals surface area contributed by atoms with Gasteiger partial charge in [0, 0.05) is 43.0 Å². The molecule has 190 valence electrons. The molecule has 1 aromatic heterocycles. The SMILES string of the molecule is C1COCCN1.Cc1ccc2[nH]c3c(cc(N4CCOCC4)c4c(=O)c5ccccc5c(=O)c43)oc2c1. The van der Waals surface area contributed by atoms with Gasteiger partial charge in [-0.05, 0) is 24.6 Å². The molecule has 7 rings (SSSR count). The second-order valence-electron chi connectivity index (χ2n) is 9.41. The number of aromatic nitrogens is 1. The van der Waals surface area contributed by atoms with Crippen molar-refractivity contribution in [2.75, 3.05) is 57.5 Å². The predicted molar refractivity (Wildman–Crippen MR) is 147 cm³/mol. The third-order valence-corrected chi connectivity index (χ3v) is 6.96. The van der Waals surface area contributed by atoms with Crippen LogP contribution in [0.25, 0.3) is 43.7 Å². The lowest BCUT2D eigenvalue weighted by Crippen LogP contribution is -2.37. The normalized spacial score (nSPS) is 16.3. The Balaban J connectivity index is 0.000000372.